The van der Waals surface area contributed by atoms with Gasteiger partial charge in [0.15, 0.2) is 0 Å². The van der Waals surface area contributed by atoms with E-state index in [1.165, 1.54) is 0 Å². The van der Waals surface area contributed by atoms with Crippen LogP contribution in [0.1, 0.15) is 51.0 Å². The fraction of sp³-hybridized carbons (Fsp3) is 0.375. The summed E-state index contributed by atoms with van der Waals surface area (Å²) in [5, 5.41) is 7.77. The second kappa shape index (κ2) is 5.86. The van der Waals surface area contributed by atoms with Crippen molar-refractivity contribution in [2.24, 2.45) is 7.05 Å². The third-order valence-electron chi connectivity index (χ3n) is 4.51. The molecule has 2 heterocycles. The van der Waals surface area contributed by atoms with Crippen molar-refractivity contribution in [3.8, 4) is 0 Å². The van der Waals surface area contributed by atoms with Crippen molar-refractivity contribution in [2.75, 3.05) is 13.1 Å². The smallest absolute Gasteiger partial charge is 0.250 e. The van der Waals surface area contributed by atoms with Crippen LogP contribution in [0.15, 0.2) is 24.3 Å². The van der Waals surface area contributed by atoms with Crippen molar-refractivity contribution < 1.29 is 26.7 Å². The number of carbonyl (C=O) groups excluding carboxylic acids is 2. The maximum absolute atomic E-state index is 12.9. The van der Waals surface area contributed by atoms with Gasteiger partial charge in [-0.05, 0) is 13.1 Å². The molecule has 1 aliphatic heterocycles. The number of ketones is 2. The number of piperidine rings is 1. The number of rotatable bonds is 1. The van der Waals surface area contributed by atoms with Crippen LogP contribution in [0.5, 0.6) is 0 Å². The Morgan fingerprint density at radius 2 is 1.74 bits per heavy atom. The van der Waals surface area contributed by atoms with Gasteiger partial charge in [-0.25, -0.2) is 0 Å². The van der Waals surface area contributed by atoms with Crippen molar-refractivity contribution in [1.29, 1.82) is 0 Å². The molecule has 6 nitrogen and oxygen atoms in total. The van der Waals surface area contributed by atoms with Gasteiger partial charge >= 0.3 is 0 Å². The first-order valence-electron chi connectivity index (χ1n) is 7.56. The van der Waals surface area contributed by atoms with Crippen molar-refractivity contribution >= 4 is 11.6 Å². The van der Waals surface area contributed by atoms with E-state index in [4.69, 9.17) is 0 Å². The lowest BCUT2D eigenvalue weighted by Gasteiger charge is -2.20. The van der Waals surface area contributed by atoms with E-state index in [0.29, 0.717) is 22.5 Å². The molecular formula is C16H17ClN4O2. The Labute approximate surface area is 139 Å². The van der Waals surface area contributed by atoms with Crippen LogP contribution in [0.4, 0.5) is 0 Å². The molecule has 0 bridgehead atoms. The topological polar surface area (TPSA) is 67.9 Å². The van der Waals surface area contributed by atoms with Gasteiger partial charge in [0.1, 0.15) is 13.1 Å². The molecule has 0 spiro atoms. The average molecular weight is 333 g/mol. The number of nitrogens with zero attached hydrogens (tertiary/aromatic N) is 3. The number of hydrogen-bond acceptors (Lipinski definition) is 4. The molecule has 0 saturated carbocycles. The first kappa shape index (κ1) is 15.8. The maximum Gasteiger partial charge on any atom is 0.250 e. The van der Waals surface area contributed by atoms with Gasteiger partial charge < -0.3 is 17.7 Å². The molecule has 120 valence electrons. The van der Waals surface area contributed by atoms with E-state index in [1.54, 1.807) is 40.7 Å². The fourth-order valence-electron chi connectivity index (χ4n) is 3.40. The molecule has 1 aliphatic carbocycles. The highest BCUT2D eigenvalue weighted by molar-refractivity contribution is 6.26. The van der Waals surface area contributed by atoms with Crippen LogP contribution < -0.4 is 22.4 Å². The number of carbonyl (C=O) groups is 2. The van der Waals surface area contributed by atoms with Crippen molar-refractivity contribution in [3.05, 3.63) is 46.8 Å². The molecule has 1 aromatic heterocycles. The Bertz CT molecular complexity index is 793. The Morgan fingerprint density at radius 1 is 1.13 bits per heavy atom. The summed E-state index contributed by atoms with van der Waals surface area (Å²) in [6, 6.07) is 7.17. The van der Waals surface area contributed by atoms with Crippen LogP contribution in [0.3, 0.4) is 0 Å². The number of halogens is 1. The van der Waals surface area contributed by atoms with Gasteiger partial charge in [-0.2, -0.15) is 0 Å². The number of aromatic nitrogens is 3. The van der Waals surface area contributed by atoms with Crippen LogP contribution >= 0.6 is 0 Å². The number of benzene rings is 1. The maximum atomic E-state index is 12.9. The fourth-order valence-corrected chi connectivity index (χ4v) is 3.40. The van der Waals surface area contributed by atoms with Crippen LogP contribution in [-0.2, 0) is 7.05 Å². The molecule has 0 amide bonds. The van der Waals surface area contributed by atoms with E-state index < -0.39 is 0 Å². The van der Waals surface area contributed by atoms with E-state index in [9.17, 15) is 9.59 Å². The summed E-state index contributed by atoms with van der Waals surface area (Å²) in [7, 11) is 1.73. The zero-order chi connectivity index (χ0) is 15.3. The van der Waals surface area contributed by atoms with E-state index in [-0.39, 0.29) is 30.0 Å². The number of hydrogen-bond donors (Lipinski definition) is 1. The second-order valence-corrected chi connectivity index (χ2v) is 5.84. The number of aryl methyl sites for hydroxylation is 1. The van der Waals surface area contributed by atoms with E-state index in [0.717, 1.165) is 25.9 Å². The first-order valence-corrected chi connectivity index (χ1v) is 7.56. The summed E-state index contributed by atoms with van der Waals surface area (Å²) in [4.78, 5) is 25.6. The summed E-state index contributed by atoms with van der Waals surface area (Å²) >= 11 is 0. The Morgan fingerprint density at radius 3 is 2.39 bits per heavy atom. The first-order chi connectivity index (χ1) is 10.7. The summed E-state index contributed by atoms with van der Waals surface area (Å²) in [5.74, 6) is -0.218. The predicted molar refractivity (Wildman–Crippen MR) is 77.9 cm³/mol. The summed E-state index contributed by atoms with van der Waals surface area (Å²) < 4.78 is 3.32. The minimum absolute atomic E-state index is 0. The Hall–Kier alpha value is -2.05. The van der Waals surface area contributed by atoms with Crippen LogP contribution in [-0.4, -0.2) is 34.6 Å². The number of nitrogens with one attached hydrogen (secondary N) is 1. The molecule has 23 heavy (non-hydrogen) atoms. The van der Waals surface area contributed by atoms with Gasteiger partial charge in [0.05, 0.1) is 5.21 Å². The number of fused-ring (bicyclic) bond motifs is 2. The average Bonchev–Trinajstić information content (AvgIpc) is 2.91. The molecule has 4 rings (SSSR count). The SMILES string of the molecule is C[n+]1nn(C2CCNCC2)c2c1C(=O)c1ccccc1C2=O.[Cl-]. The monoisotopic (exact) mass is 332 g/mol. The largest absolute Gasteiger partial charge is 1.00 e. The van der Waals surface area contributed by atoms with Crippen LogP contribution in [0, 0.1) is 0 Å². The predicted octanol–water partition coefficient (Wildman–Crippen LogP) is -2.59. The third kappa shape index (κ3) is 2.29. The van der Waals surface area contributed by atoms with E-state index >= 15 is 0 Å². The zero-order valence-corrected chi connectivity index (χ0v) is 13.5. The molecule has 1 N–H and O–H groups in total. The molecule has 1 fully saturated rings. The highest BCUT2D eigenvalue weighted by atomic mass is 35.5. The molecule has 0 radical (unpaired) electrons. The Balaban J connectivity index is 0.00000156. The zero-order valence-electron chi connectivity index (χ0n) is 12.8. The third-order valence-corrected chi connectivity index (χ3v) is 4.51. The highest BCUT2D eigenvalue weighted by Crippen LogP contribution is 2.28. The molecule has 2 aromatic rings. The molecule has 7 heteroatoms. The second-order valence-electron chi connectivity index (χ2n) is 5.84. The van der Waals surface area contributed by atoms with E-state index in [2.05, 4.69) is 10.5 Å². The quantitative estimate of drug-likeness (QED) is 0.497. The van der Waals surface area contributed by atoms with Gasteiger partial charge in [0, 0.05) is 24.0 Å². The normalized spacial score (nSPS) is 17.4. The summed E-state index contributed by atoms with van der Waals surface area (Å²) in [6.07, 6.45) is 1.83. The van der Waals surface area contributed by atoms with Gasteiger partial charge in [-0.15, -0.1) is 9.36 Å². The van der Waals surface area contributed by atoms with E-state index in [1.807, 2.05) is 0 Å². The molecule has 0 unspecified atom stereocenters. The van der Waals surface area contributed by atoms with Crippen LogP contribution in [0.25, 0.3) is 0 Å². The molecular weight excluding hydrogens is 316 g/mol. The highest BCUT2D eigenvalue weighted by Gasteiger charge is 2.43. The summed E-state index contributed by atoms with van der Waals surface area (Å²) in [5.41, 5.74) is 1.80. The van der Waals surface area contributed by atoms with Gasteiger partial charge in [-0.1, -0.05) is 24.3 Å². The lowest BCUT2D eigenvalue weighted by atomic mass is 9.89. The molecule has 1 aromatic carbocycles. The van der Waals surface area contributed by atoms with Crippen molar-refractivity contribution in [1.82, 2.24) is 15.2 Å². The molecule has 0 atom stereocenters. The lowest BCUT2D eigenvalue weighted by molar-refractivity contribution is -0.734. The summed E-state index contributed by atoms with van der Waals surface area (Å²) in [6.45, 7) is 1.81. The minimum atomic E-state index is -0.118. The van der Waals surface area contributed by atoms with Crippen LogP contribution in [0.2, 0.25) is 0 Å². The molecule has 2 aliphatic rings. The lowest BCUT2D eigenvalue weighted by Crippen LogP contribution is -3.00. The van der Waals surface area contributed by atoms with Gasteiger partial charge in [0.2, 0.25) is 23.0 Å². The molecule has 1 saturated heterocycles. The van der Waals surface area contributed by atoms with Crippen molar-refractivity contribution in [2.45, 2.75) is 18.9 Å². The standard InChI is InChI=1S/C16H17N4O2.ClH/c1-19-13-14(20(18-19)10-6-8-17-9-7-10)16(22)12-5-3-2-4-11(12)15(13)21;/h2-5,10,17H,6-9H2,1H3;1H/q+1;/p-1. The van der Waals surface area contributed by atoms with Gasteiger partial charge in [-0.3, -0.25) is 9.59 Å². The van der Waals surface area contributed by atoms with Gasteiger partial charge in [0.25, 0.3) is 0 Å². The minimum Gasteiger partial charge on any atom is -1.00 e. The van der Waals surface area contributed by atoms with Crippen molar-refractivity contribution in [3.63, 3.8) is 0 Å². The Kier molecular flexibility index (Phi) is 4.04.